The van der Waals surface area contributed by atoms with E-state index in [1.54, 1.807) is 24.7 Å². The van der Waals surface area contributed by atoms with Gasteiger partial charge in [0.15, 0.2) is 0 Å². The minimum atomic E-state index is -0.282. The van der Waals surface area contributed by atoms with Gasteiger partial charge >= 0.3 is 0 Å². The molecule has 8 heteroatoms. The number of anilines is 1. The third-order valence-corrected chi connectivity index (χ3v) is 7.30. The van der Waals surface area contributed by atoms with Gasteiger partial charge in [0.1, 0.15) is 17.2 Å². The predicted octanol–water partition coefficient (Wildman–Crippen LogP) is 6.71. The molecule has 4 aromatic heterocycles. The third-order valence-electron chi connectivity index (χ3n) is 7.30. The van der Waals surface area contributed by atoms with Gasteiger partial charge in [0.05, 0.1) is 23.1 Å². The Hall–Kier alpha value is -4.85. The van der Waals surface area contributed by atoms with Crippen LogP contribution in [0.2, 0.25) is 0 Å². The van der Waals surface area contributed by atoms with Crippen molar-refractivity contribution < 1.29 is 9.18 Å². The Morgan fingerprint density at radius 2 is 1.87 bits per heavy atom. The van der Waals surface area contributed by atoms with Crippen LogP contribution in [0.5, 0.6) is 0 Å². The fourth-order valence-electron chi connectivity index (χ4n) is 5.04. The lowest BCUT2D eigenvalue weighted by molar-refractivity contribution is -0.122. The number of nitrogens with zero attached hydrogens (tertiary/aromatic N) is 3. The van der Waals surface area contributed by atoms with E-state index < -0.39 is 0 Å². The molecule has 7 nitrogen and oxygen atoms in total. The van der Waals surface area contributed by atoms with Gasteiger partial charge in [-0.15, -0.1) is 0 Å². The Bertz CT molecular complexity index is 1830. The van der Waals surface area contributed by atoms with Crippen LogP contribution >= 0.6 is 0 Å². The highest BCUT2D eigenvalue weighted by atomic mass is 19.1. The molecule has 1 fully saturated rings. The molecule has 0 saturated heterocycles. The van der Waals surface area contributed by atoms with Crippen molar-refractivity contribution in [2.45, 2.75) is 19.3 Å². The van der Waals surface area contributed by atoms with Gasteiger partial charge in [0.25, 0.3) is 0 Å². The van der Waals surface area contributed by atoms with E-state index in [2.05, 4.69) is 36.5 Å². The summed E-state index contributed by atoms with van der Waals surface area (Å²) in [5.74, 6) is -0.112. The van der Waals surface area contributed by atoms with Crippen LogP contribution < -0.4 is 5.32 Å². The van der Waals surface area contributed by atoms with Gasteiger partial charge in [-0.1, -0.05) is 24.6 Å². The molecule has 0 atom stereocenters. The number of hydrogen-bond donors (Lipinski definition) is 3. The molecule has 1 aliphatic rings. The summed E-state index contributed by atoms with van der Waals surface area (Å²) in [6.45, 7) is 0. The number of hydrogen-bond acceptors (Lipinski definition) is 4. The number of nitrogens with one attached hydrogen (secondary N) is 3. The summed E-state index contributed by atoms with van der Waals surface area (Å²) < 4.78 is 13.9. The van der Waals surface area contributed by atoms with E-state index in [9.17, 15) is 9.18 Å². The van der Waals surface area contributed by atoms with E-state index in [1.807, 2.05) is 36.4 Å². The topological polar surface area (TPSA) is 99.3 Å². The lowest BCUT2D eigenvalue weighted by Crippen LogP contribution is -2.28. The van der Waals surface area contributed by atoms with Gasteiger partial charge in [-0.3, -0.25) is 14.9 Å². The van der Waals surface area contributed by atoms with Crippen molar-refractivity contribution in [2.24, 2.45) is 5.92 Å². The molecule has 6 aromatic rings. The summed E-state index contributed by atoms with van der Waals surface area (Å²) >= 11 is 0. The Labute approximate surface area is 217 Å². The van der Waals surface area contributed by atoms with E-state index in [4.69, 9.17) is 0 Å². The van der Waals surface area contributed by atoms with E-state index in [0.717, 1.165) is 69.2 Å². The first kappa shape index (κ1) is 22.4. The van der Waals surface area contributed by atoms with Crippen LogP contribution in [0.15, 0.2) is 79.3 Å². The predicted molar refractivity (Wildman–Crippen MR) is 146 cm³/mol. The molecule has 1 aliphatic carbocycles. The first-order chi connectivity index (χ1) is 18.6. The lowest BCUT2D eigenvalue weighted by atomic mass is 9.85. The number of amides is 1. The Morgan fingerprint density at radius 1 is 0.947 bits per heavy atom. The minimum Gasteiger partial charge on any atom is -0.338 e. The van der Waals surface area contributed by atoms with E-state index in [0.29, 0.717) is 11.3 Å². The molecule has 1 saturated carbocycles. The maximum absolute atomic E-state index is 13.9. The fraction of sp³-hybridized carbons (Fsp3) is 0.133. The number of benzene rings is 2. The molecule has 2 aromatic carbocycles. The number of halogens is 1. The summed E-state index contributed by atoms with van der Waals surface area (Å²) in [5, 5.41) is 12.5. The molecule has 1 amide bonds. The zero-order chi connectivity index (χ0) is 25.6. The molecule has 0 radical (unpaired) electrons. The zero-order valence-corrected chi connectivity index (χ0v) is 20.3. The van der Waals surface area contributed by atoms with E-state index >= 15 is 0 Å². The average molecular weight is 503 g/mol. The number of carbonyl (C=O) groups excluding carboxylic acids is 1. The third kappa shape index (κ3) is 3.91. The number of rotatable bonds is 5. The Balaban J connectivity index is 1.26. The normalized spacial score (nSPS) is 13.6. The van der Waals surface area contributed by atoms with Crippen molar-refractivity contribution in [1.82, 2.24) is 25.1 Å². The highest BCUT2D eigenvalue weighted by molar-refractivity contribution is 6.01. The number of pyridine rings is 2. The molecule has 38 heavy (non-hydrogen) atoms. The molecule has 4 heterocycles. The fourth-order valence-corrected chi connectivity index (χ4v) is 5.04. The highest BCUT2D eigenvalue weighted by Crippen LogP contribution is 2.35. The smallest absolute Gasteiger partial charge is 0.227 e. The number of H-pyrrole nitrogens is 2. The van der Waals surface area contributed by atoms with Gasteiger partial charge < -0.3 is 10.3 Å². The van der Waals surface area contributed by atoms with Gasteiger partial charge in [-0.25, -0.2) is 9.37 Å². The van der Waals surface area contributed by atoms with Crippen molar-refractivity contribution in [3.63, 3.8) is 0 Å². The minimum absolute atomic E-state index is 0.0628. The SMILES string of the molecule is O=C(Nc1cncc(-c2ccc3[nH]nc(-c4cc5c(-c6cccc(F)c6)ccnc5[nH]4)c3c2)c1)C1CCC1. The highest BCUT2D eigenvalue weighted by Gasteiger charge is 2.25. The van der Waals surface area contributed by atoms with Crippen LogP contribution in [0, 0.1) is 11.7 Å². The van der Waals surface area contributed by atoms with Crippen LogP contribution in [0.4, 0.5) is 10.1 Å². The second-order valence-corrected chi connectivity index (χ2v) is 9.73. The van der Waals surface area contributed by atoms with Gasteiger partial charge in [-0.2, -0.15) is 5.10 Å². The quantitative estimate of drug-likeness (QED) is 0.244. The second-order valence-electron chi connectivity index (χ2n) is 9.73. The number of carbonyl (C=O) groups is 1. The van der Waals surface area contributed by atoms with Gasteiger partial charge in [0.2, 0.25) is 5.91 Å². The van der Waals surface area contributed by atoms with Crippen LogP contribution in [0.3, 0.4) is 0 Å². The number of aromatic amines is 2. The second kappa shape index (κ2) is 8.92. The average Bonchev–Trinajstić information content (AvgIpc) is 3.51. The summed E-state index contributed by atoms with van der Waals surface area (Å²) in [5.41, 5.74) is 7.39. The molecule has 0 spiro atoms. The van der Waals surface area contributed by atoms with Gasteiger partial charge in [-0.05, 0) is 72.0 Å². The van der Waals surface area contributed by atoms with Crippen LogP contribution in [-0.2, 0) is 4.79 Å². The summed E-state index contributed by atoms with van der Waals surface area (Å²) in [7, 11) is 0. The van der Waals surface area contributed by atoms with Gasteiger partial charge in [0, 0.05) is 34.6 Å². The van der Waals surface area contributed by atoms with Crippen molar-refractivity contribution in [2.75, 3.05) is 5.32 Å². The zero-order valence-electron chi connectivity index (χ0n) is 20.3. The van der Waals surface area contributed by atoms with Crippen LogP contribution in [0.25, 0.3) is 55.6 Å². The Kier molecular flexibility index (Phi) is 5.25. The molecule has 0 aliphatic heterocycles. The standard InChI is InChI=1S/C30H23FN6O/c31-21-6-2-5-19(11-21)23-9-10-33-29-24(23)14-27(35-29)28-25-13-18(7-8-26(25)36-37-28)20-12-22(16-32-15-20)34-30(38)17-3-1-4-17/h2,5-17H,1,3-4H2,(H,33,35)(H,34,38)(H,36,37). The van der Waals surface area contributed by atoms with Crippen LogP contribution in [-0.4, -0.2) is 31.1 Å². The number of aromatic nitrogens is 5. The van der Waals surface area contributed by atoms with Crippen molar-refractivity contribution in [3.8, 4) is 33.6 Å². The molecular weight excluding hydrogens is 479 g/mol. The summed E-state index contributed by atoms with van der Waals surface area (Å²) in [4.78, 5) is 24.6. The van der Waals surface area contributed by atoms with E-state index in [1.165, 1.54) is 12.1 Å². The maximum Gasteiger partial charge on any atom is 0.227 e. The van der Waals surface area contributed by atoms with Crippen molar-refractivity contribution >= 4 is 33.5 Å². The molecule has 186 valence electrons. The van der Waals surface area contributed by atoms with Crippen molar-refractivity contribution in [3.05, 3.63) is 85.1 Å². The lowest BCUT2D eigenvalue weighted by Gasteiger charge is -2.24. The summed E-state index contributed by atoms with van der Waals surface area (Å²) in [6.07, 6.45) is 8.20. The summed E-state index contributed by atoms with van der Waals surface area (Å²) in [6, 6.07) is 18.4. The first-order valence-corrected chi connectivity index (χ1v) is 12.6. The molecule has 0 bridgehead atoms. The molecule has 7 rings (SSSR count). The van der Waals surface area contributed by atoms with Crippen LogP contribution in [0.1, 0.15) is 19.3 Å². The van der Waals surface area contributed by atoms with E-state index in [-0.39, 0.29) is 17.6 Å². The first-order valence-electron chi connectivity index (χ1n) is 12.6. The Morgan fingerprint density at radius 3 is 2.71 bits per heavy atom. The maximum atomic E-state index is 13.9. The molecular formula is C30H23FN6O. The molecule has 3 N–H and O–H groups in total. The molecule has 0 unspecified atom stereocenters. The monoisotopic (exact) mass is 502 g/mol. The number of fused-ring (bicyclic) bond motifs is 2. The van der Waals surface area contributed by atoms with Crippen molar-refractivity contribution in [1.29, 1.82) is 0 Å². The largest absolute Gasteiger partial charge is 0.338 e.